The summed E-state index contributed by atoms with van der Waals surface area (Å²) in [5.74, 6) is 0.599. The number of hydrogen-bond acceptors (Lipinski definition) is 5. The molecule has 0 aliphatic carbocycles. The van der Waals surface area contributed by atoms with Gasteiger partial charge in [-0.1, -0.05) is 18.2 Å². The number of thiophene rings is 1. The van der Waals surface area contributed by atoms with Gasteiger partial charge >= 0.3 is 0 Å². The molecule has 0 atom stereocenters. The highest BCUT2D eigenvalue weighted by atomic mass is 32.2. The van der Waals surface area contributed by atoms with E-state index in [0.717, 1.165) is 11.3 Å². The normalized spacial score (nSPS) is 16.2. The molecule has 2 aromatic rings. The third-order valence-electron chi connectivity index (χ3n) is 4.65. The predicted molar refractivity (Wildman–Crippen MR) is 110 cm³/mol. The van der Waals surface area contributed by atoms with Gasteiger partial charge in [-0.2, -0.15) is 4.31 Å². The van der Waals surface area contributed by atoms with Crippen LogP contribution in [0.5, 0.6) is 5.75 Å². The summed E-state index contributed by atoms with van der Waals surface area (Å²) in [5, 5.41) is 4.73. The molecule has 0 saturated carbocycles. The number of carbonyl (C=O) groups is 1. The lowest BCUT2D eigenvalue weighted by Crippen LogP contribution is -2.42. The molecule has 2 heterocycles. The van der Waals surface area contributed by atoms with Gasteiger partial charge in [0.05, 0.1) is 6.10 Å². The maximum atomic E-state index is 12.6. The minimum atomic E-state index is -3.43. The van der Waals surface area contributed by atoms with E-state index in [1.807, 2.05) is 38.1 Å². The summed E-state index contributed by atoms with van der Waals surface area (Å²) in [7, 11) is -3.43. The zero-order chi connectivity index (χ0) is 20.1. The SMILES string of the molecule is CC(C)Oc1cccc(CNC(=O)C2CCN(S(=O)(=O)c3cccs3)CC2)c1. The predicted octanol–water partition coefficient (Wildman–Crippen LogP) is 3.25. The van der Waals surface area contributed by atoms with Crippen molar-refractivity contribution in [3.8, 4) is 5.75 Å². The molecule has 1 aromatic heterocycles. The van der Waals surface area contributed by atoms with Crippen molar-refractivity contribution in [2.75, 3.05) is 13.1 Å². The van der Waals surface area contributed by atoms with Crippen molar-refractivity contribution in [3.05, 3.63) is 47.3 Å². The summed E-state index contributed by atoms with van der Waals surface area (Å²) in [6.45, 7) is 5.12. The lowest BCUT2D eigenvalue weighted by Gasteiger charge is -2.30. The molecular formula is C20H26N2O4S2. The lowest BCUT2D eigenvalue weighted by molar-refractivity contribution is -0.126. The van der Waals surface area contributed by atoms with Gasteiger partial charge in [0.1, 0.15) is 9.96 Å². The lowest BCUT2D eigenvalue weighted by atomic mass is 9.97. The Labute approximate surface area is 170 Å². The Morgan fingerprint density at radius 2 is 2.00 bits per heavy atom. The zero-order valence-electron chi connectivity index (χ0n) is 16.1. The number of sulfonamides is 1. The number of piperidine rings is 1. The summed E-state index contributed by atoms with van der Waals surface area (Å²) in [6, 6.07) is 11.0. The number of nitrogens with zero attached hydrogens (tertiary/aromatic N) is 1. The highest BCUT2D eigenvalue weighted by Crippen LogP contribution is 2.26. The van der Waals surface area contributed by atoms with Crippen molar-refractivity contribution < 1.29 is 17.9 Å². The second-order valence-electron chi connectivity index (χ2n) is 7.14. The molecule has 1 N–H and O–H groups in total. The number of hydrogen-bond donors (Lipinski definition) is 1. The first kappa shape index (κ1) is 20.8. The van der Waals surface area contributed by atoms with E-state index >= 15 is 0 Å². The quantitative estimate of drug-likeness (QED) is 0.743. The van der Waals surface area contributed by atoms with Crippen LogP contribution < -0.4 is 10.1 Å². The van der Waals surface area contributed by atoms with Crippen molar-refractivity contribution in [2.24, 2.45) is 5.92 Å². The second kappa shape index (κ2) is 9.07. The van der Waals surface area contributed by atoms with E-state index in [1.165, 1.54) is 15.6 Å². The van der Waals surface area contributed by atoms with Crippen LogP contribution in [0.1, 0.15) is 32.3 Å². The molecule has 28 heavy (non-hydrogen) atoms. The van der Waals surface area contributed by atoms with Gasteiger partial charge in [-0.15, -0.1) is 11.3 Å². The number of ether oxygens (including phenoxy) is 1. The monoisotopic (exact) mass is 422 g/mol. The Hall–Kier alpha value is -1.90. The molecule has 0 spiro atoms. The van der Waals surface area contributed by atoms with E-state index in [2.05, 4.69) is 5.32 Å². The first-order chi connectivity index (χ1) is 13.4. The molecule has 1 amide bonds. The van der Waals surface area contributed by atoms with Crippen molar-refractivity contribution in [1.29, 1.82) is 0 Å². The Morgan fingerprint density at radius 3 is 2.64 bits per heavy atom. The van der Waals surface area contributed by atoms with Crippen LogP contribution in [-0.4, -0.2) is 37.8 Å². The van der Waals surface area contributed by atoms with Crippen LogP contribution in [0, 0.1) is 5.92 Å². The zero-order valence-corrected chi connectivity index (χ0v) is 17.8. The largest absolute Gasteiger partial charge is 0.491 e. The molecule has 1 fully saturated rings. The number of nitrogens with one attached hydrogen (secondary N) is 1. The standard InChI is InChI=1S/C20H26N2O4S2/c1-15(2)26-18-6-3-5-16(13-18)14-21-20(23)17-8-10-22(11-9-17)28(24,25)19-7-4-12-27-19/h3-7,12-13,15,17H,8-11,14H2,1-2H3,(H,21,23). The van der Waals surface area contributed by atoms with Gasteiger partial charge in [0.25, 0.3) is 10.0 Å². The van der Waals surface area contributed by atoms with Crippen molar-refractivity contribution in [3.63, 3.8) is 0 Å². The summed E-state index contributed by atoms with van der Waals surface area (Å²) in [4.78, 5) is 12.5. The molecular weight excluding hydrogens is 396 g/mol. The first-order valence-electron chi connectivity index (χ1n) is 9.43. The van der Waals surface area contributed by atoms with Crippen LogP contribution in [-0.2, 0) is 21.4 Å². The van der Waals surface area contributed by atoms with Gasteiger partial charge in [-0.25, -0.2) is 8.42 Å². The summed E-state index contributed by atoms with van der Waals surface area (Å²) < 4.78 is 32.7. The topological polar surface area (TPSA) is 75.7 Å². The molecule has 0 unspecified atom stereocenters. The van der Waals surface area contributed by atoms with Crippen molar-refractivity contribution in [1.82, 2.24) is 9.62 Å². The minimum absolute atomic E-state index is 0.0247. The Morgan fingerprint density at radius 1 is 1.25 bits per heavy atom. The molecule has 1 aliphatic rings. The molecule has 0 bridgehead atoms. The first-order valence-corrected chi connectivity index (χ1v) is 11.7. The van der Waals surface area contributed by atoms with Gasteiger partial charge in [0.2, 0.25) is 5.91 Å². The van der Waals surface area contributed by atoms with Crippen LogP contribution >= 0.6 is 11.3 Å². The molecule has 8 heteroatoms. The molecule has 3 rings (SSSR count). The van der Waals surface area contributed by atoms with Gasteiger partial charge in [0.15, 0.2) is 0 Å². The summed E-state index contributed by atoms with van der Waals surface area (Å²) in [6.07, 6.45) is 1.17. The second-order valence-corrected chi connectivity index (χ2v) is 10.3. The molecule has 1 saturated heterocycles. The van der Waals surface area contributed by atoms with E-state index < -0.39 is 10.0 Å². The van der Waals surface area contributed by atoms with Crippen molar-refractivity contribution >= 4 is 27.3 Å². The van der Waals surface area contributed by atoms with Gasteiger partial charge in [-0.05, 0) is 55.8 Å². The third kappa shape index (κ3) is 5.12. The van der Waals surface area contributed by atoms with E-state index in [4.69, 9.17) is 4.74 Å². The molecule has 152 valence electrons. The highest BCUT2D eigenvalue weighted by Gasteiger charge is 2.32. The fourth-order valence-electron chi connectivity index (χ4n) is 3.23. The summed E-state index contributed by atoms with van der Waals surface area (Å²) >= 11 is 1.22. The molecule has 1 aliphatic heterocycles. The molecule has 0 radical (unpaired) electrons. The average molecular weight is 423 g/mol. The molecule has 1 aromatic carbocycles. The maximum absolute atomic E-state index is 12.6. The van der Waals surface area contributed by atoms with E-state index in [0.29, 0.717) is 36.7 Å². The van der Waals surface area contributed by atoms with E-state index in [-0.39, 0.29) is 17.9 Å². The van der Waals surface area contributed by atoms with Gasteiger partial charge < -0.3 is 10.1 Å². The van der Waals surface area contributed by atoms with Crippen LogP contribution in [0.4, 0.5) is 0 Å². The van der Waals surface area contributed by atoms with Crippen LogP contribution in [0.3, 0.4) is 0 Å². The number of rotatable bonds is 7. The van der Waals surface area contributed by atoms with Crippen molar-refractivity contribution in [2.45, 2.75) is 43.5 Å². The fraction of sp³-hybridized carbons (Fsp3) is 0.450. The highest BCUT2D eigenvalue weighted by molar-refractivity contribution is 7.91. The smallest absolute Gasteiger partial charge is 0.252 e. The maximum Gasteiger partial charge on any atom is 0.252 e. The van der Waals surface area contributed by atoms with E-state index in [9.17, 15) is 13.2 Å². The fourth-order valence-corrected chi connectivity index (χ4v) is 5.84. The summed E-state index contributed by atoms with van der Waals surface area (Å²) in [5.41, 5.74) is 0.976. The number of carbonyl (C=O) groups excluding carboxylic acids is 1. The Bertz CT molecular complexity index is 887. The minimum Gasteiger partial charge on any atom is -0.491 e. The Balaban J connectivity index is 1.51. The third-order valence-corrected chi connectivity index (χ3v) is 7.92. The van der Waals surface area contributed by atoms with Gasteiger partial charge in [0, 0.05) is 25.6 Å². The van der Waals surface area contributed by atoms with Gasteiger partial charge in [-0.3, -0.25) is 4.79 Å². The van der Waals surface area contributed by atoms with Crippen LogP contribution in [0.25, 0.3) is 0 Å². The number of benzene rings is 1. The van der Waals surface area contributed by atoms with E-state index in [1.54, 1.807) is 17.5 Å². The Kier molecular flexibility index (Phi) is 6.74. The van der Waals surface area contributed by atoms with Crippen LogP contribution in [0.2, 0.25) is 0 Å². The number of amides is 1. The average Bonchev–Trinajstić information content (AvgIpc) is 3.22. The van der Waals surface area contributed by atoms with Crippen LogP contribution in [0.15, 0.2) is 46.0 Å². The molecule has 6 nitrogen and oxygen atoms in total.